The SMILES string of the molecule is C#Cc1ccc(NC(=O)Nc2ccc3[nH]ccc3c2)cc1. The number of aromatic amines is 1. The third-order valence-electron chi connectivity index (χ3n) is 3.12. The Morgan fingerprint density at radius 3 is 2.48 bits per heavy atom. The second kappa shape index (κ2) is 5.43. The zero-order valence-electron chi connectivity index (χ0n) is 11.2. The molecule has 0 aliphatic heterocycles. The number of anilines is 2. The Hall–Kier alpha value is -3.19. The van der Waals surface area contributed by atoms with E-state index < -0.39 is 0 Å². The van der Waals surface area contributed by atoms with E-state index >= 15 is 0 Å². The minimum absolute atomic E-state index is 0.293. The molecule has 0 atom stereocenters. The molecule has 0 fully saturated rings. The standard InChI is InChI=1S/C17H13N3O/c1-2-12-3-5-14(6-4-12)19-17(21)20-15-7-8-16-13(11-15)9-10-18-16/h1,3-11,18H,(H2,19,20,21). The molecule has 4 nitrogen and oxygen atoms in total. The van der Waals surface area contributed by atoms with Crippen molar-refractivity contribution in [1.82, 2.24) is 4.98 Å². The van der Waals surface area contributed by atoms with Crippen molar-refractivity contribution < 1.29 is 4.79 Å². The molecule has 0 saturated heterocycles. The first-order valence-corrected chi connectivity index (χ1v) is 6.46. The van der Waals surface area contributed by atoms with Gasteiger partial charge in [-0.25, -0.2) is 4.79 Å². The molecule has 1 heterocycles. The summed E-state index contributed by atoms with van der Waals surface area (Å²) < 4.78 is 0. The van der Waals surface area contributed by atoms with Crippen molar-refractivity contribution in [2.75, 3.05) is 10.6 Å². The predicted octanol–water partition coefficient (Wildman–Crippen LogP) is 3.79. The Bertz CT molecular complexity index is 825. The van der Waals surface area contributed by atoms with Crippen LogP contribution >= 0.6 is 0 Å². The fourth-order valence-electron chi connectivity index (χ4n) is 2.07. The van der Waals surface area contributed by atoms with Gasteiger partial charge in [0.25, 0.3) is 0 Å². The van der Waals surface area contributed by atoms with Crippen LogP contribution in [0.1, 0.15) is 5.56 Å². The normalized spacial score (nSPS) is 10.0. The number of nitrogens with one attached hydrogen (secondary N) is 3. The molecule has 0 unspecified atom stereocenters. The molecule has 21 heavy (non-hydrogen) atoms. The van der Waals surface area contributed by atoms with Crippen LogP contribution in [0.3, 0.4) is 0 Å². The molecular weight excluding hydrogens is 262 g/mol. The number of aromatic nitrogens is 1. The maximum atomic E-state index is 11.9. The van der Waals surface area contributed by atoms with Crippen molar-refractivity contribution in [3.63, 3.8) is 0 Å². The van der Waals surface area contributed by atoms with E-state index in [4.69, 9.17) is 6.42 Å². The Balaban J connectivity index is 1.69. The molecule has 0 radical (unpaired) electrons. The van der Waals surface area contributed by atoms with Crippen LogP contribution in [0.4, 0.5) is 16.2 Å². The summed E-state index contributed by atoms with van der Waals surface area (Å²) in [7, 11) is 0. The fraction of sp³-hybridized carbons (Fsp3) is 0. The molecule has 0 aliphatic rings. The highest BCUT2D eigenvalue weighted by atomic mass is 16.2. The molecule has 3 aromatic rings. The van der Waals surface area contributed by atoms with E-state index in [1.165, 1.54) is 0 Å². The molecule has 4 heteroatoms. The smallest absolute Gasteiger partial charge is 0.323 e. The number of rotatable bonds is 2. The largest absolute Gasteiger partial charge is 0.361 e. The first-order chi connectivity index (χ1) is 10.2. The van der Waals surface area contributed by atoms with Crippen molar-refractivity contribution in [1.29, 1.82) is 0 Å². The van der Waals surface area contributed by atoms with Crippen molar-refractivity contribution in [2.45, 2.75) is 0 Å². The van der Waals surface area contributed by atoms with Crippen LogP contribution in [0.25, 0.3) is 10.9 Å². The highest BCUT2D eigenvalue weighted by Gasteiger charge is 2.03. The van der Waals surface area contributed by atoms with Crippen LogP contribution < -0.4 is 10.6 Å². The van der Waals surface area contributed by atoms with Gasteiger partial charge in [-0.15, -0.1) is 6.42 Å². The number of hydrogen-bond acceptors (Lipinski definition) is 1. The number of H-pyrrole nitrogens is 1. The Morgan fingerprint density at radius 1 is 1.00 bits per heavy atom. The monoisotopic (exact) mass is 275 g/mol. The van der Waals surface area contributed by atoms with Crippen LogP contribution in [0, 0.1) is 12.3 Å². The van der Waals surface area contributed by atoms with Gasteiger partial charge in [-0.3, -0.25) is 0 Å². The summed E-state index contributed by atoms with van der Waals surface area (Å²) >= 11 is 0. The molecule has 0 bridgehead atoms. The van der Waals surface area contributed by atoms with Crippen LogP contribution in [0.5, 0.6) is 0 Å². The van der Waals surface area contributed by atoms with E-state index in [1.807, 2.05) is 30.5 Å². The quantitative estimate of drug-likeness (QED) is 0.612. The van der Waals surface area contributed by atoms with Gasteiger partial charge in [0.05, 0.1) is 0 Å². The lowest BCUT2D eigenvalue weighted by atomic mass is 10.2. The summed E-state index contributed by atoms with van der Waals surface area (Å²) in [6, 6.07) is 14.4. The minimum atomic E-state index is -0.293. The van der Waals surface area contributed by atoms with Gasteiger partial charge in [0.15, 0.2) is 0 Å². The zero-order chi connectivity index (χ0) is 14.7. The molecule has 0 aliphatic carbocycles. The van der Waals surface area contributed by atoms with Gasteiger partial charge in [0, 0.05) is 34.0 Å². The summed E-state index contributed by atoms with van der Waals surface area (Å²) in [6.07, 6.45) is 7.15. The molecule has 2 amide bonds. The van der Waals surface area contributed by atoms with Crippen molar-refractivity contribution in [3.05, 3.63) is 60.3 Å². The molecule has 1 aromatic heterocycles. The fourth-order valence-corrected chi connectivity index (χ4v) is 2.07. The van der Waals surface area contributed by atoms with Crippen LogP contribution in [0.2, 0.25) is 0 Å². The predicted molar refractivity (Wildman–Crippen MR) is 85.3 cm³/mol. The molecular formula is C17H13N3O. The lowest BCUT2D eigenvalue weighted by Crippen LogP contribution is -2.19. The van der Waals surface area contributed by atoms with Gasteiger partial charge >= 0.3 is 6.03 Å². The summed E-state index contributed by atoms with van der Waals surface area (Å²) in [5.74, 6) is 2.53. The van der Waals surface area contributed by atoms with Gasteiger partial charge in [-0.05, 0) is 48.5 Å². The number of benzene rings is 2. The van der Waals surface area contributed by atoms with Crippen LogP contribution in [-0.4, -0.2) is 11.0 Å². The maximum absolute atomic E-state index is 11.9. The van der Waals surface area contributed by atoms with Gasteiger partial charge in [0.2, 0.25) is 0 Å². The summed E-state index contributed by atoms with van der Waals surface area (Å²) in [5, 5.41) is 6.60. The number of urea groups is 1. The average Bonchev–Trinajstić information content (AvgIpc) is 2.95. The molecule has 3 rings (SSSR count). The van der Waals surface area contributed by atoms with Crippen molar-refractivity contribution in [2.24, 2.45) is 0 Å². The van der Waals surface area contributed by atoms with Crippen molar-refractivity contribution in [3.8, 4) is 12.3 Å². The van der Waals surface area contributed by atoms with E-state index in [9.17, 15) is 4.79 Å². The second-order valence-corrected chi connectivity index (χ2v) is 4.58. The molecule has 0 saturated carbocycles. The Morgan fingerprint density at radius 2 is 1.71 bits per heavy atom. The molecule has 102 valence electrons. The number of terminal acetylenes is 1. The third kappa shape index (κ3) is 2.88. The lowest BCUT2D eigenvalue weighted by molar-refractivity contribution is 0.262. The number of fused-ring (bicyclic) bond motifs is 1. The van der Waals surface area contributed by atoms with Crippen LogP contribution in [-0.2, 0) is 0 Å². The summed E-state index contributed by atoms with van der Waals surface area (Å²) in [4.78, 5) is 15.0. The number of amides is 2. The molecule has 2 aromatic carbocycles. The first kappa shape index (κ1) is 12.8. The molecule has 0 spiro atoms. The minimum Gasteiger partial charge on any atom is -0.361 e. The van der Waals surface area contributed by atoms with Gasteiger partial charge < -0.3 is 15.6 Å². The van der Waals surface area contributed by atoms with Gasteiger partial charge in [-0.2, -0.15) is 0 Å². The highest BCUT2D eigenvalue weighted by molar-refractivity contribution is 6.01. The lowest BCUT2D eigenvalue weighted by Gasteiger charge is -2.08. The Kier molecular flexibility index (Phi) is 3.32. The van der Waals surface area contributed by atoms with E-state index in [2.05, 4.69) is 21.5 Å². The Labute approximate surface area is 122 Å². The highest BCUT2D eigenvalue weighted by Crippen LogP contribution is 2.18. The number of hydrogen-bond donors (Lipinski definition) is 3. The average molecular weight is 275 g/mol. The van der Waals surface area contributed by atoms with E-state index in [0.717, 1.165) is 22.2 Å². The summed E-state index contributed by atoms with van der Waals surface area (Å²) in [5.41, 5.74) is 3.23. The van der Waals surface area contributed by atoms with Gasteiger partial charge in [-0.1, -0.05) is 5.92 Å². The van der Waals surface area contributed by atoms with E-state index in [1.54, 1.807) is 24.3 Å². The number of carbonyl (C=O) groups is 1. The van der Waals surface area contributed by atoms with Crippen LogP contribution in [0.15, 0.2) is 54.7 Å². The van der Waals surface area contributed by atoms with Gasteiger partial charge in [0.1, 0.15) is 0 Å². The zero-order valence-corrected chi connectivity index (χ0v) is 11.2. The topological polar surface area (TPSA) is 56.9 Å². The maximum Gasteiger partial charge on any atom is 0.323 e. The summed E-state index contributed by atoms with van der Waals surface area (Å²) in [6.45, 7) is 0. The first-order valence-electron chi connectivity index (χ1n) is 6.46. The second-order valence-electron chi connectivity index (χ2n) is 4.58. The molecule has 3 N–H and O–H groups in total. The number of carbonyl (C=O) groups excluding carboxylic acids is 1. The third-order valence-corrected chi connectivity index (χ3v) is 3.12. The van der Waals surface area contributed by atoms with Crippen molar-refractivity contribution >= 4 is 28.3 Å². The van der Waals surface area contributed by atoms with E-state index in [-0.39, 0.29) is 6.03 Å². The van der Waals surface area contributed by atoms with E-state index in [0.29, 0.717) is 5.69 Å².